The summed E-state index contributed by atoms with van der Waals surface area (Å²) in [5.41, 5.74) is 0.680. The summed E-state index contributed by atoms with van der Waals surface area (Å²) < 4.78 is 0. The van der Waals surface area contributed by atoms with Gasteiger partial charge < -0.3 is 15.3 Å². The lowest BCUT2D eigenvalue weighted by Gasteiger charge is -2.37. The summed E-state index contributed by atoms with van der Waals surface area (Å²) in [7, 11) is 0. The molecule has 1 aliphatic rings. The molecule has 21 heavy (non-hydrogen) atoms. The number of aliphatic hydroxyl groups excluding tert-OH is 1. The second-order valence-electron chi connectivity index (χ2n) is 5.55. The smallest absolute Gasteiger partial charge is 0.322 e. The van der Waals surface area contributed by atoms with Crippen LogP contribution in [0.1, 0.15) is 39.0 Å². The van der Waals surface area contributed by atoms with E-state index in [1.54, 1.807) is 23.1 Å². The standard InChI is InChI=1S/C16H23ClN2O2/c1-2-10-19(14-8-3-4-9-15(14)20)16(21)18-13-7-5-6-12(17)11-13/h5-7,11,14-15,20H,2-4,8-10H2,1H3,(H,18,21)/t14-,15-/m0/s1. The van der Waals surface area contributed by atoms with Crippen LogP contribution in [-0.2, 0) is 0 Å². The number of nitrogens with one attached hydrogen (secondary N) is 1. The Hall–Kier alpha value is -1.26. The number of anilines is 1. The molecule has 0 bridgehead atoms. The van der Waals surface area contributed by atoms with Gasteiger partial charge >= 0.3 is 6.03 Å². The normalized spacial score (nSPS) is 21.9. The molecule has 0 saturated heterocycles. The molecule has 1 aliphatic carbocycles. The number of nitrogens with zero attached hydrogens (tertiary/aromatic N) is 1. The van der Waals surface area contributed by atoms with Gasteiger partial charge in [0, 0.05) is 17.3 Å². The molecule has 0 radical (unpaired) electrons. The SMILES string of the molecule is CCCN(C(=O)Nc1cccc(Cl)c1)[C@H]1CCCC[C@@H]1O. The summed E-state index contributed by atoms with van der Waals surface area (Å²) in [6.45, 7) is 2.68. The first kappa shape index (κ1) is 16.1. The van der Waals surface area contributed by atoms with Crippen LogP contribution in [0.4, 0.5) is 10.5 Å². The summed E-state index contributed by atoms with van der Waals surface area (Å²) in [6.07, 6.45) is 4.18. The number of halogens is 1. The third kappa shape index (κ3) is 4.35. The molecule has 116 valence electrons. The maximum atomic E-state index is 12.5. The lowest BCUT2D eigenvalue weighted by Crippen LogP contribution is -2.50. The molecule has 1 aromatic carbocycles. The van der Waals surface area contributed by atoms with Gasteiger partial charge in [0.15, 0.2) is 0 Å². The summed E-state index contributed by atoms with van der Waals surface area (Å²) in [6, 6.07) is 6.86. The highest BCUT2D eigenvalue weighted by Gasteiger charge is 2.31. The molecular formula is C16H23ClN2O2. The van der Waals surface area contributed by atoms with E-state index in [9.17, 15) is 9.90 Å². The Morgan fingerprint density at radius 3 is 2.86 bits per heavy atom. The van der Waals surface area contributed by atoms with Gasteiger partial charge in [0.25, 0.3) is 0 Å². The van der Waals surface area contributed by atoms with Gasteiger partial charge in [-0.1, -0.05) is 37.4 Å². The summed E-state index contributed by atoms with van der Waals surface area (Å²) in [5, 5.41) is 13.6. The van der Waals surface area contributed by atoms with Gasteiger partial charge in [-0.05, 0) is 37.5 Å². The first-order valence-corrected chi connectivity index (χ1v) is 8.01. The van der Waals surface area contributed by atoms with Crippen molar-refractivity contribution in [2.45, 2.75) is 51.2 Å². The zero-order valence-corrected chi connectivity index (χ0v) is 13.1. The number of carbonyl (C=O) groups is 1. The van der Waals surface area contributed by atoms with Crippen molar-refractivity contribution in [1.82, 2.24) is 4.90 Å². The van der Waals surface area contributed by atoms with E-state index in [2.05, 4.69) is 5.32 Å². The summed E-state index contributed by atoms with van der Waals surface area (Å²) >= 11 is 5.94. The fourth-order valence-electron chi connectivity index (χ4n) is 2.88. The number of amides is 2. The second-order valence-corrected chi connectivity index (χ2v) is 5.99. The Morgan fingerprint density at radius 1 is 1.43 bits per heavy atom. The number of carbonyl (C=O) groups excluding carboxylic acids is 1. The van der Waals surface area contributed by atoms with E-state index in [1.807, 2.05) is 13.0 Å². The van der Waals surface area contributed by atoms with Crippen molar-refractivity contribution in [3.8, 4) is 0 Å². The minimum Gasteiger partial charge on any atom is -0.391 e. The van der Waals surface area contributed by atoms with E-state index < -0.39 is 6.10 Å². The molecule has 0 aromatic heterocycles. The van der Waals surface area contributed by atoms with Crippen molar-refractivity contribution in [2.75, 3.05) is 11.9 Å². The minimum atomic E-state index is -0.421. The quantitative estimate of drug-likeness (QED) is 0.886. The van der Waals surface area contributed by atoms with Crippen molar-refractivity contribution in [1.29, 1.82) is 0 Å². The zero-order chi connectivity index (χ0) is 15.2. The highest BCUT2D eigenvalue weighted by Crippen LogP contribution is 2.24. The molecule has 1 fully saturated rings. The largest absolute Gasteiger partial charge is 0.391 e. The van der Waals surface area contributed by atoms with Crippen LogP contribution in [0.15, 0.2) is 24.3 Å². The van der Waals surface area contributed by atoms with Gasteiger partial charge in [0.1, 0.15) is 0 Å². The molecule has 0 aliphatic heterocycles. The van der Waals surface area contributed by atoms with Crippen LogP contribution in [-0.4, -0.2) is 34.7 Å². The number of urea groups is 1. The van der Waals surface area contributed by atoms with Crippen LogP contribution in [0.25, 0.3) is 0 Å². The number of hydrogen-bond acceptors (Lipinski definition) is 2. The lowest BCUT2D eigenvalue weighted by molar-refractivity contribution is 0.0397. The average Bonchev–Trinajstić information content (AvgIpc) is 2.45. The van der Waals surface area contributed by atoms with Crippen molar-refractivity contribution in [3.63, 3.8) is 0 Å². The zero-order valence-electron chi connectivity index (χ0n) is 12.4. The Morgan fingerprint density at radius 2 is 2.19 bits per heavy atom. The van der Waals surface area contributed by atoms with Gasteiger partial charge in [-0.3, -0.25) is 0 Å². The van der Waals surface area contributed by atoms with Gasteiger partial charge in [0.05, 0.1) is 12.1 Å². The molecule has 2 rings (SSSR count). The van der Waals surface area contributed by atoms with Gasteiger partial charge in [-0.2, -0.15) is 0 Å². The van der Waals surface area contributed by atoms with Crippen LogP contribution in [0.2, 0.25) is 5.02 Å². The summed E-state index contributed by atoms with van der Waals surface area (Å²) in [5.74, 6) is 0. The third-order valence-electron chi connectivity index (χ3n) is 3.90. The third-order valence-corrected chi connectivity index (χ3v) is 4.13. The van der Waals surface area contributed by atoms with E-state index in [-0.39, 0.29) is 12.1 Å². The van der Waals surface area contributed by atoms with E-state index in [1.165, 1.54) is 0 Å². The average molecular weight is 311 g/mol. The molecule has 2 atom stereocenters. The molecule has 1 aromatic rings. The maximum absolute atomic E-state index is 12.5. The fraction of sp³-hybridized carbons (Fsp3) is 0.562. The fourth-order valence-corrected chi connectivity index (χ4v) is 3.07. The predicted octanol–water partition coefficient (Wildman–Crippen LogP) is 3.89. The molecular weight excluding hydrogens is 288 g/mol. The van der Waals surface area contributed by atoms with Crippen molar-refractivity contribution in [3.05, 3.63) is 29.3 Å². The molecule has 1 saturated carbocycles. The highest BCUT2D eigenvalue weighted by molar-refractivity contribution is 6.30. The first-order valence-electron chi connectivity index (χ1n) is 7.63. The summed E-state index contributed by atoms with van der Waals surface area (Å²) in [4.78, 5) is 14.3. The molecule has 2 amide bonds. The van der Waals surface area contributed by atoms with Crippen LogP contribution in [0.3, 0.4) is 0 Å². The maximum Gasteiger partial charge on any atom is 0.322 e. The Kier molecular flexibility index (Phi) is 5.88. The molecule has 0 heterocycles. The number of benzene rings is 1. The van der Waals surface area contributed by atoms with Gasteiger partial charge in [-0.25, -0.2) is 4.79 Å². The Balaban J connectivity index is 2.07. The highest BCUT2D eigenvalue weighted by atomic mass is 35.5. The molecule has 0 unspecified atom stereocenters. The van der Waals surface area contributed by atoms with Crippen LogP contribution >= 0.6 is 11.6 Å². The molecule has 0 spiro atoms. The number of hydrogen-bond donors (Lipinski definition) is 2. The first-order chi connectivity index (χ1) is 10.1. The predicted molar refractivity (Wildman–Crippen MR) is 85.7 cm³/mol. The van der Waals surface area contributed by atoms with Crippen LogP contribution in [0, 0.1) is 0 Å². The van der Waals surface area contributed by atoms with Gasteiger partial charge in [0.2, 0.25) is 0 Å². The Bertz CT molecular complexity index is 481. The number of aliphatic hydroxyl groups is 1. The van der Waals surface area contributed by atoms with Crippen LogP contribution in [0.5, 0.6) is 0 Å². The van der Waals surface area contributed by atoms with Gasteiger partial charge in [-0.15, -0.1) is 0 Å². The van der Waals surface area contributed by atoms with E-state index in [4.69, 9.17) is 11.6 Å². The second kappa shape index (κ2) is 7.66. The van der Waals surface area contributed by atoms with E-state index in [0.717, 1.165) is 32.1 Å². The molecule has 4 nitrogen and oxygen atoms in total. The monoisotopic (exact) mass is 310 g/mol. The van der Waals surface area contributed by atoms with E-state index in [0.29, 0.717) is 17.3 Å². The molecule has 2 N–H and O–H groups in total. The minimum absolute atomic E-state index is 0.0853. The van der Waals surface area contributed by atoms with E-state index >= 15 is 0 Å². The Labute approximate surface area is 131 Å². The van der Waals surface area contributed by atoms with Crippen LogP contribution < -0.4 is 5.32 Å². The lowest BCUT2D eigenvalue weighted by atomic mass is 9.91. The number of rotatable bonds is 4. The topological polar surface area (TPSA) is 52.6 Å². The van der Waals surface area contributed by atoms with Crippen molar-refractivity contribution >= 4 is 23.3 Å². The van der Waals surface area contributed by atoms with Crippen molar-refractivity contribution < 1.29 is 9.90 Å². The van der Waals surface area contributed by atoms with Crippen molar-refractivity contribution in [2.24, 2.45) is 0 Å². The molecule has 5 heteroatoms.